The molecule has 0 fully saturated rings. The van der Waals surface area contributed by atoms with Crippen molar-refractivity contribution in [2.24, 2.45) is 0 Å². The molecular weight excluding hydrogens is 342 g/mol. The Kier molecular flexibility index (Phi) is 7.82. The molecule has 2 N–H and O–H groups in total. The number of hydrogen-bond donors (Lipinski definition) is 2. The van der Waals surface area contributed by atoms with Gasteiger partial charge < -0.3 is 15.0 Å². The van der Waals surface area contributed by atoms with E-state index < -0.39 is 6.09 Å². The molecule has 0 aliphatic rings. The lowest BCUT2D eigenvalue weighted by atomic mass is 10.0. The van der Waals surface area contributed by atoms with Gasteiger partial charge in [-0.3, -0.25) is 10.1 Å². The second-order valence-electron chi connectivity index (χ2n) is 6.44. The Bertz CT molecular complexity index is 747. The SMILES string of the molecule is CCOC(=O)Nc1cccc(C(=O)NC[C@@H](Cc2ccccc2)N(C)C)c1. The molecule has 0 bridgehead atoms. The van der Waals surface area contributed by atoms with Crippen molar-refractivity contribution in [3.8, 4) is 0 Å². The van der Waals surface area contributed by atoms with Crippen LogP contribution in [0.2, 0.25) is 0 Å². The number of likely N-dealkylation sites (N-methyl/N-ethyl adjacent to an activating group) is 1. The van der Waals surface area contributed by atoms with E-state index in [1.54, 1.807) is 31.2 Å². The minimum absolute atomic E-state index is 0.178. The number of carbonyl (C=O) groups excluding carboxylic acids is 2. The average Bonchev–Trinajstić information content (AvgIpc) is 2.65. The lowest BCUT2D eigenvalue weighted by Crippen LogP contribution is -2.41. The Morgan fingerprint density at radius 2 is 1.81 bits per heavy atom. The Balaban J connectivity index is 1.96. The second kappa shape index (κ2) is 10.3. The van der Waals surface area contributed by atoms with Gasteiger partial charge in [-0.15, -0.1) is 0 Å². The molecule has 2 rings (SSSR count). The fraction of sp³-hybridized carbons (Fsp3) is 0.333. The Labute approximate surface area is 160 Å². The van der Waals surface area contributed by atoms with Gasteiger partial charge in [-0.25, -0.2) is 4.79 Å². The number of rotatable bonds is 8. The van der Waals surface area contributed by atoms with E-state index in [9.17, 15) is 9.59 Å². The van der Waals surface area contributed by atoms with E-state index in [0.717, 1.165) is 6.42 Å². The van der Waals surface area contributed by atoms with E-state index in [0.29, 0.717) is 24.4 Å². The standard InChI is InChI=1S/C21H27N3O3/c1-4-27-21(26)23-18-12-8-11-17(14-18)20(25)22-15-19(24(2)3)13-16-9-6-5-7-10-16/h5-12,14,19H,4,13,15H2,1-3H3,(H,22,25)(H,23,26)/t19-/m1/s1. The molecular formula is C21H27N3O3. The minimum Gasteiger partial charge on any atom is -0.450 e. The van der Waals surface area contributed by atoms with Gasteiger partial charge in [-0.05, 0) is 51.2 Å². The van der Waals surface area contributed by atoms with Gasteiger partial charge in [0.25, 0.3) is 5.91 Å². The van der Waals surface area contributed by atoms with Crippen LogP contribution in [-0.2, 0) is 11.2 Å². The average molecular weight is 369 g/mol. The van der Waals surface area contributed by atoms with Crippen molar-refractivity contribution in [1.29, 1.82) is 0 Å². The molecule has 6 nitrogen and oxygen atoms in total. The maximum absolute atomic E-state index is 12.5. The van der Waals surface area contributed by atoms with Crippen molar-refractivity contribution >= 4 is 17.7 Å². The Hall–Kier alpha value is -2.86. The molecule has 0 saturated heterocycles. The number of amides is 2. The summed E-state index contributed by atoms with van der Waals surface area (Å²) in [4.78, 5) is 26.1. The molecule has 2 aromatic carbocycles. The number of carbonyl (C=O) groups is 2. The largest absolute Gasteiger partial charge is 0.450 e. The highest BCUT2D eigenvalue weighted by atomic mass is 16.5. The highest BCUT2D eigenvalue weighted by Gasteiger charge is 2.15. The fourth-order valence-electron chi connectivity index (χ4n) is 2.66. The maximum Gasteiger partial charge on any atom is 0.411 e. The summed E-state index contributed by atoms with van der Waals surface area (Å²) < 4.78 is 4.85. The molecule has 0 spiro atoms. The number of anilines is 1. The van der Waals surface area contributed by atoms with Gasteiger partial charge in [0.05, 0.1) is 6.61 Å². The molecule has 2 aromatic rings. The molecule has 0 aromatic heterocycles. The van der Waals surface area contributed by atoms with Gasteiger partial charge in [-0.2, -0.15) is 0 Å². The van der Waals surface area contributed by atoms with Crippen molar-refractivity contribution in [1.82, 2.24) is 10.2 Å². The normalized spacial score (nSPS) is 11.7. The number of hydrogen-bond acceptors (Lipinski definition) is 4. The van der Waals surface area contributed by atoms with Gasteiger partial charge in [0.15, 0.2) is 0 Å². The van der Waals surface area contributed by atoms with Crippen molar-refractivity contribution in [3.63, 3.8) is 0 Å². The molecule has 6 heteroatoms. The predicted octanol–water partition coefficient (Wildman–Crippen LogP) is 3.16. The van der Waals surface area contributed by atoms with Crippen LogP contribution < -0.4 is 10.6 Å². The number of ether oxygens (including phenoxy) is 1. The Morgan fingerprint density at radius 1 is 1.07 bits per heavy atom. The Morgan fingerprint density at radius 3 is 2.48 bits per heavy atom. The summed E-state index contributed by atoms with van der Waals surface area (Å²) in [5, 5.41) is 5.59. The third-order valence-corrected chi connectivity index (χ3v) is 4.19. The van der Waals surface area contributed by atoms with Crippen LogP contribution in [0.3, 0.4) is 0 Å². The van der Waals surface area contributed by atoms with E-state index in [2.05, 4.69) is 27.7 Å². The number of nitrogens with one attached hydrogen (secondary N) is 2. The van der Waals surface area contributed by atoms with E-state index in [1.165, 1.54) is 5.56 Å². The van der Waals surface area contributed by atoms with Crippen LogP contribution in [0.5, 0.6) is 0 Å². The van der Waals surface area contributed by atoms with Crippen molar-refractivity contribution < 1.29 is 14.3 Å². The highest BCUT2D eigenvalue weighted by Crippen LogP contribution is 2.12. The first kappa shape index (κ1) is 20.5. The summed E-state index contributed by atoms with van der Waals surface area (Å²) in [5.74, 6) is -0.178. The third kappa shape index (κ3) is 6.75. The first-order valence-corrected chi connectivity index (χ1v) is 9.02. The number of nitrogens with zero attached hydrogens (tertiary/aromatic N) is 1. The van der Waals surface area contributed by atoms with E-state index in [1.807, 2.05) is 32.3 Å². The number of benzene rings is 2. The molecule has 0 aliphatic carbocycles. The molecule has 0 saturated carbocycles. The fourth-order valence-corrected chi connectivity index (χ4v) is 2.66. The van der Waals surface area contributed by atoms with E-state index in [4.69, 9.17) is 4.74 Å². The maximum atomic E-state index is 12.5. The highest BCUT2D eigenvalue weighted by molar-refractivity contribution is 5.96. The minimum atomic E-state index is -0.536. The van der Waals surface area contributed by atoms with Crippen LogP contribution in [-0.4, -0.2) is 50.2 Å². The van der Waals surface area contributed by atoms with Crippen LogP contribution in [0.4, 0.5) is 10.5 Å². The van der Waals surface area contributed by atoms with Crippen LogP contribution in [0.25, 0.3) is 0 Å². The lowest BCUT2D eigenvalue weighted by Gasteiger charge is -2.25. The molecule has 0 radical (unpaired) electrons. The lowest BCUT2D eigenvalue weighted by molar-refractivity contribution is 0.0941. The topological polar surface area (TPSA) is 70.7 Å². The molecule has 0 unspecified atom stereocenters. The zero-order chi connectivity index (χ0) is 19.6. The summed E-state index contributed by atoms with van der Waals surface area (Å²) in [6.45, 7) is 2.55. The molecule has 0 heterocycles. The van der Waals surface area contributed by atoms with Gasteiger partial charge in [-0.1, -0.05) is 36.4 Å². The summed E-state index contributed by atoms with van der Waals surface area (Å²) in [6, 6.07) is 17.2. The van der Waals surface area contributed by atoms with Crippen LogP contribution >= 0.6 is 0 Å². The summed E-state index contributed by atoms with van der Waals surface area (Å²) in [7, 11) is 4.01. The van der Waals surface area contributed by atoms with Gasteiger partial charge >= 0.3 is 6.09 Å². The molecule has 27 heavy (non-hydrogen) atoms. The zero-order valence-corrected chi connectivity index (χ0v) is 16.1. The third-order valence-electron chi connectivity index (χ3n) is 4.19. The monoisotopic (exact) mass is 369 g/mol. The van der Waals surface area contributed by atoms with E-state index >= 15 is 0 Å². The van der Waals surface area contributed by atoms with Crippen molar-refractivity contribution in [2.75, 3.05) is 32.6 Å². The predicted molar refractivity (Wildman–Crippen MR) is 107 cm³/mol. The summed E-state index contributed by atoms with van der Waals surface area (Å²) >= 11 is 0. The summed E-state index contributed by atoms with van der Waals surface area (Å²) in [5.41, 5.74) is 2.24. The molecule has 2 amide bonds. The van der Waals surface area contributed by atoms with Gasteiger partial charge in [0, 0.05) is 23.8 Å². The van der Waals surface area contributed by atoms with E-state index in [-0.39, 0.29) is 11.9 Å². The van der Waals surface area contributed by atoms with Crippen LogP contribution in [0.15, 0.2) is 54.6 Å². The van der Waals surface area contributed by atoms with Crippen LogP contribution in [0.1, 0.15) is 22.8 Å². The van der Waals surface area contributed by atoms with Crippen molar-refractivity contribution in [2.45, 2.75) is 19.4 Å². The molecule has 1 atom stereocenters. The smallest absolute Gasteiger partial charge is 0.411 e. The van der Waals surface area contributed by atoms with Gasteiger partial charge in [0.2, 0.25) is 0 Å². The molecule has 0 aliphatic heterocycles. The quantitative estimate of drug-likeness (QED) is 0.750. The summed E-state index contributed by atoms with van der Waals surface area (Å²) in [6.07, 6.45) is 0.309. The molecule has 144 valence electrons. The van der Waals surface area contributed by atoms with Crippen LogP contribution in [0, 0.1) is 0 Å². The zero-order valence-electron chi connectivity index (χ0n) is 16.1. The first-order chi connectivity index (χ1) is 13.0. The van der Waals surface area contributed by atoms with Crippen molar-refractivity contribution in [3.05, 3.63) is 65.7 Å². The van der Waals surface area contributed by atoms with Gasteiger partial charge in [0.1, 0.15) is 0 Å². The first-order valence-electron chi connectivity index (χ1n) is 9.02. The second-order valence-corrected chi connectivity index (χ2v) is 6.44.